The van der Waals surface area contributed by atoms with Gasteiger partial charge in [-0.05, 0) is 25.2 Å². The standard InChI is InChI=1S/C11H17N5O3/c1-12-11-14-6-9(16(18)19)10(15-11)13-5-7-2-3-8(17)4-7/h6-8,17H,2-5H2,1H3,(H2,12,13,14,15). The maximum absolute atomic E-state index is 10.9. The molecule has 19 heavy (non-hydrogen) atoms. The summed E-state index contributed by atoms with van der Waals surface area (Å²) < 4.78 is 0. The first-order valence-electron chi connectivity index (χ1n) is 6.21. The van der Waals surface area contributed by atoms with Crippen molar-refractivity contribution in [3.8, 4) is 0 Å². The van der Waals surface area contributed by atoms with Gasteiger partial charge in [0, 0.05) is 13.6 Å². The van der Waals surface area contributed by atoms with E-state index in [4.69, 9.17) is 0 Å². The van der Waals surface area contributed by atoms with E-state index in [-0.39, 0.29) is 17.6 Å². The maximum atomic E-state index is 10.9. The van der Waals surface area contributed by atoms with Crippen LogP contribution in [0.2, 0.25) is 0 Å². The Labute approximate surface area is 110 Å². The molecular weight excluding hydrogens is 250 g/mol. The fourth-order valence-electron chi connectivity index (χ4n) is 2.23. The van der Waals surface area contributed by atoms with Crippen molar-refractivity contribution < 1.29 is 10.0 Å². The summed E-state index contributed by atoms with van der Waals surface area (Å²) in [5, 5.41) is 26.1. The Morgan fingerprint density at radius 3 is 2.95 bits per heavy atom. The van der Waals surface area contributed by atoms with Crippen molar-refractivity contribution in [1.29, 1.82) is 0 Å². The molecule has 8 heteroatoms. The molecule has 0 aromatic carbocycles. The van der Waals surface area contributed by atoms with Crippen LogP contribution in [0.5, 0.6) is 0 Å². The summed E-state index contributed by atoms with van der Waals surface area (Å²) in [5.74, 6) is 0.868. The molecule has 0 bridgehead atoms. The Morgan fingerprint density at radius 1 is 1.58 bits per heavy atom. The smallest absolute Gasteiger partial charge is 0.329 e. The van der Waals surface area contributed by atoms with Crippen LogP contribution in [0.4, 0.5) is 17.5 Å². The van der Waals surface area contributed by atoms with Gasteiger partial charge in [-0.2, -0.15) is 4.98 Å². The lowest BCUT2D eigenvalue weighted by Crippen LogP contribution is -2.15. The van der Waals surface area contributed by atoms with Gasteiger partial charge in [-0.15, -0.1) is 0 Å². The van der Waals surface area contributed by atoms with Crippen molar-refractivity contribution in [2.75, 3.05) is 24.2 Å². The van der Waals surface area contributed by atoms with Gasteiger partial charge < -0.3 is 15.7 Å². The molecule has 1 aromatic heterocycles. The Kier molecular flexibility index (Phi) is 4.10. The highest BCUT2D eigenvalue weighted by Gasteiger charge is 2.24. The van der Waals surface area contributed by atoms with Crippen LogP contribution in [-0.2, 0) is 0 Å². The first-order chi connectivity index (χ1) is 9.10. The highest BCUT2D eigenvalue weighted by molar-refractivity contribution is 5.56. The molecule has 3 N–H and O–H groups in total. The number of aliphatic hydroxyl groups excluding tert-OH is 1. The van der Waals surface area contributed by atoms with E-state index in [0.29, 0.717) is 18.4 Å². The second-order valence-electron chi connectivity index (χ2n) is 4.65. The fraction of sp³-hybridized carbons (Fsp3) is 0.636. The quantitative estimate of drug-likeness (QED) is 0.538. The number of nitro groups is 1. The van der Waals surface area contributed by atoms with Crippen LogP contribution < -0.4 is 10.6 Å². The lowest BCUT2D eigenvalue weighted by molar-refractivity contribution is -0.384. The highest BCUT2D eigenvalue weighted by Crippen LogP contribution is 2.27. The largest absolute Gasteiger partial charge is 0.393 e. The number of hydrogen-bond acceptors (Lipinski definition) is 7. The van der Waals surface area contributed by atoms with Crippen molar-refractivity contribution in [3.05, 3.63) is 16.3 Å². The van der Waals surface area contributed by atoms with Gasteiger partial charge in [-0.25, -0.2) is 4.98 Å². The van der Waals surface area contributed by atoms with Crippen molar-refractivity contribution >= 4 is 17.5 Å². The minimum absolute atomic E-state index is 0.141. The minimum atomic E-state index is -0.509. The van der Waals surface area contributed by atoms with Crippen molar-refractivity contribution in [3.63, 3.8) is 0 Å². The van der Waals surface area contributed by atoms with E-state index >= 15 is 0 Å². The molecule has 1 fully saturated rings. The van der Waals surface area contributed by atoms with Crippen LogP contribution in [0.3, 0.4) is 0 Å². The van der Waals surface area contributed by atoms with Crippen LogP contribution in [0.15, 0.2) is 6.20 Å². The molecule has 2 rings (SSSR count). The molecule has 2 unspecified atom stereocenters. The Hall–Kier alpha value is -1.96. The van der Waals surface area contributed by atoms with Crippen molar-refractivity contribution in [2.24, 2.45) is 5.92 Å². The summed E-state index contributed by atoms with van der Waals surface area (Å²) in [4.78, 5) is 18.3. The summed E-state index contributed by atoms with van der Waals surface area (Å²) in [6, 6.07) is 0. The van der Waals surface area contributed by atoms with Crippen molar-refractivity contribution in [1.82, 2.24) is 9.97 Å². The van der Waals surface area contributed by atoms with E-state index in [0.717, 1.165) is 19.3 Å². The van der Waals surface area contributed by atoms with E-state index in [9.17, 15) is 15.2 Å². The zero-order valence-corrected chi connectivity index (χ0v) is 10.7. The van der Waals surface area contributed by atoms with Crippen LogP contribution in [0.25, 0.3) is 0 Å². The topological polar surface area (TPSA) is 113 Å². The van der Waals surface area contributed by atoms with Crippen LogP contribution >= 0.6 is 0 Å². The molecule has 0 saturated heterocycles. The number of aliphatic hydroxyl groups is 1. The molecule has 104 valence electrons. The van der Waals surface area contributed by atoms with Crippen molar-refractivity contribution in [2.45, 2.75) is 25.4 Å². The molecule has 0 radical (unpaired) electrons. The molecule has 0 spiro atoms. The summed E-state index contributed by atoms with van der Waals surface area (Å²) in [7, 11) is 1.65. The summed E-state index contributed by atoms with van der Waals surface area (Å²) >= 11 is 0. The zero-order valence-electron chi connectivity index (χ0n) is 10.7. The number of nitrogens with zero attached hydrogens (tertiary/aromatic N) is 3. The zero-order chi connectivity index (χ0) is 13.8. The normalized spacial score (nSPS) is 22.2. The van der Waals surface area contributed by atoms with Gasteiger partial charge in [0.05, 0.1) is 11.0 Å². The first kappa shape index (κ1) is 13.5. The molecule has 0 aliphatic heterocycles. The minimum Gasteiger partial charge on any atom is -0.393 e. The number of rotatable bonds is 5. The number of aromatic nitrogens is 2. The fourth-order valence-corrected chi connectivity index (χ4v) is 2.23. The monoisotopic (exact) mass is 267 g/mol. The van der Waals surface area contributed by atoms with Gasteiger partial charge in [-0.1, -0.05) is 0 Å². The SMILES string of the molecule is CNc1ncc([N+](=O)[O-])c(NCC2CCC(O)C2)n1. The molecule has 1 heterocycles. The Bertz CT molecular complexity index is 468. The van der Waals surface area contributed by atoms with E-state index in [1.165, 1.54) is 6.20 Å². The average Bonchev–Trinajstić information content (AvgIpc) is 2.81. The average molecular weight is 267 g/mol. The number of anilines is 2. The van der Waals surface area contributed by atoms with Crippen LogP contribution in [-0.4, -0.2) is 39.7 Å². The lowest BCUT2D eigenvalue weighted by atomic mass is 10.1. The number of nitrogens with one attached hydrogen (secondary N) is 2. The van der Waals surface area contributed by atoms with Crippen LogP contribution in [0.1, 0.15) is 19.3 Å². The van der Waals surface area contributed by atoms with Crippen LogP contribution in [0, 0.1) is 16.0 Å². The second kappa shape index (κ2) is 5.79. The van der Waals surface area contributed by atoms with Gasteiger partial charge in [0.2, 0.25) is 11.8 Å². The van der Waals surface area contributed by atoms with Gasteiger partial charge in [-0.3, -0.25) is 10.1 Å². The number of hydrogen-bond donors (Lipinski definition) is 3. The highest BCUT2D eigenvalue weighted by atomic mass is 16.6. The van der Waals surface area contributed by atoms with E-state index in [1.54, 1.807) is 7.05 Å². The summed E-state index contributed by atoms with van der Waals surface area (Å²) in [5.41, 5.74) is -0.141. The molecule has 1 aromatic rings. The second-order valence-corrected chi connectivity index (χ2v) is 4.65. The Balaban J connectivity index is 2.06. The third-order valence-corrected chi connectivity index (χ3v) is 3.26. The molecule has 1 saturated carbocycles. The van der Waals surface area contributed by atoms with Gasteiger partial charge in [0.25, 0.3) is 0 Å². The molecule has 8 nitrogen and oxygen atoms in total. The summed E-state index contributed by atoms with van der Waals surface area (Å²) in [6.07, 6.45) is 3.38. The molecular formula is C11H17N5O3. The third-order valence-electron chi connectivity index (χ3n) is 3.26. The van der Waals surface area contributed by atoms with Gasteiger partial charge >= 0.3 is 5.69 Å². The molecule has 0 amide bonds. The van der Waals surface area contributed by atoms with Gasteiger partial charge in [0.15, 0.2) is 0 Å². The predicted octanol–water partition coefficient (Wildman–Crippen LogP) is 0.999. The van der Waals surface area contributed by atoms with E-state index in [1.807, 2.05) is 0 Å². The lowest BCUT2D eigenvalue weighted by Gasteiger charge is -2.11. The van der Waals surface area contributed by atoms with E-state index < -0.39 is 4.92 Å². The predicted molar refractivity (Wildman–Crippen MR) is 70.1 cm³/mol. The summed E-state index contributed by atoms with van der Waals surface area (Å²) in [6.45, 7) is 0.568. The molecule has 1 aliphatic carbocycles. The molecule has 2 atom stereocenters. The maximum Gasteiger partial charge on any atom is 0.329 e. The van der Waals surface area contributed by atoms with Gasteiger partial charge in [0.1, 0.15) is 6.20 Å². The molecule has 1 aliphatic rings. The van der Waals surface area contributed by atoms with E-state index in [2.05, 4.69) is 20.6 Å². The third kappa shape index (κ3) is 3.28. The Morgan fingerprint density at radius 2 is 2.37 bits per heavy atom. The first-order valence-corrected chi connectivity index (χ1v) is 6.21.